The van der Waals surface area contributed by atoms with Gasteiger partial charge in [-0.25, -0.2) is 10.2 Å². The molecule has 0 aliphatic carbocycles. The van der Waals surface area contributed by atoms with Crippen molar-refractivity contribution in [2.75, 3.05) is 19.8 Å². The number of benzene rings is 3. The van der Waals surface area contributed by atoms with Gasteiger partial charge in [0.2, 0.25) is 0 Å². The number of para-hydroxylation sites is 1. The maximum absolute atomic E-state index is 12.5. The smallest absolute Gasteiger partial charge is 0.343 e. The number of amides is 1. The Morgan fingerprint density at radius 1 is 0.886 bits per heavy atom. The van der Waals surface area contributed by atoms with Crippen LogP contribution >= 0.6 is 11.6 Å². The number of carbonyl (C=O) groups is 2. The van der Waals surface area contributed by atoms with Gasteiger partial charge in [0, 0.05) is 0 Å². The van der Waals surface area contributed by atoms with Gasteiger partial charge in [-0.3, -0.25) is 4.79 Å². The molecule has 0 aliphatic rings. The molecule has 0 atom stereocenters. The molecule has 0 aromatic heterocycles. The molecule has 8 nitrogen and oxygen atoms in total. The second-order valence-corrected chi connectivity index (χ2v) is 7.41. The number of ether oxygens (including phenoxy) is 4. The second-order valence-electron chi connectivity index (χ2n) is 7.00. The van der Waals surface area contributed by atoms with Crippen molar-refractivity contribution in [3.05, 3.63) is 82.9 Å². The normalized spacial score (nSPS) is 10.6. The Labute approximate surface area is 208 Å². The monoisotopic (exact) mass is 496 g/mol. The van der Waals surface area contributed by atoms with Crippen molar-refractivity contribution in [3.63, 3.8) is 0 Å². The number of rotatable bonds is 11. The molecule has 0 unspecified atom stereocenters. The van der Waals surface area contributed by atoms with Crippen molar-refractivity contribution < 1.29 is 28.5 Å². The molecule has 3 aromatic rings. The number of carbonyl (C=O) groups excluding carboxylic acids is 2. The molecule has 0 saturated carbocycles. The molecular formula is C26H25ClN2O6. The van der Waals surface area contributed by atoms with Gasteiger partial charge in [0.1, 0.15) is 11.5 Å². The number of hydrogen-bond acceptors (Lipinski definition) is 7. The third kappa shape index (κ3) is 7.75. The molecule has 9 heteroatoms. The van der Waals surface area contributed by atoms with Crippen molar-refractivity contribution in [1.29, 1.82) is 0 Å². The summed E-state index contributed by atoms with van der Waals surface area (Å²) in [4.78, 5) is 24.5. The van der Waals surface area contributed by atoms with E-state index in [2.05, 4.69) is 10.5 Å². The summed E-state index contributed by atoms with van der Waals surface area (Å²) in [7, 11) is 0. The fraction of sp³-hybridized carbons (Fsp3) is 0.192. The van der Waals surface area contributed by atoms with Crippen LogP contribution in [0.2, 0.25) is 5.02 Å². The predicted octanol–water partition coefficient (Wildman–Crippen LogP) is 4.89. The van der Waals surface area contributed by atoms with Crippen LogP contribution in [0.4, 0.5) is 0 Å². The van der Waals surface area contributed by atoms with E-state index in [1.807, 2.05) is 13.8 Å². The molecule has 0 saturated heterocycles. The first kappa shape index (κ1) is 25.6. The minimum Gasteiger partial charge on any atom is -0.494 e. The molecule has 3 aromatic carbocycles. The Bertz CT molecular complexity index is 1180. The van der Waals surface area contributed by atoms with Crippen LogP contribution in [0.5, 0.6) is 23.0 Å². The van der Waals surface area contributed by atoms with Crippen LogP contribution in [0, 0.1) is 0 Å². The Morgan fingerprint density at radius 2 is 1.63 bits per heavy atom. The summed E-state index contributed by atoms with van der Waals surface area (Å²) in [6, 6.07) is 18.5. The number of nitrogens with zero attached hydrogens (tertiary/aromatic N) is 1. The third-order valence-corrected chi connectivity index (χ3v) is 4.78. The minimum atomic E-state index is -0.527. The second kappa shape index (κ2) is 13.0. The van der Waals surface area contributed by atoms with Crippen LogP contribution in [0.3, 0.4) is 0 Å². The first-order chi connectivity index (χ1) is 17.0. The zero-order chi connectivity index (χ0) is 25.0. The molecule has 0 radical (unpaired) electrons. The molecule has 1 amide bonds. The molecule has 0 aliphatic heterocycles. The van der Waals surface area contributed by atoms with Gasteiger partial charge in [-0.05, 0) is 74.0 Å². The fourth-order valence-electron chi connectivity index (χ4n) is 2.89. The van der Waals surface area contributed by atoms with E-state index < -0.39 is 11.9 Å². The van der Waals surface area contributed by atoms with E-state index in [4.69, 9.17) is 30.5 Å². The summed E-state index contributed by atoms with van der Waals surface area (Å²) in [5, 5.41) is 4.34. The topological polar surface area (TPSA) is 95.5 Å². The third-order valence-electron chi connectivity index (χ3n) is 4.47. The van der Waals surface area contributed by atoms with Crippen molar-refractivity contribution in [3.8, 4) is 23.0 Å². The Hall–Kier alpha value is -4.04. The highest BCUT2D eigenvalue weighted by atomic mass is 35.5. The van der Waals surface area contributed by atoms with Gasteiger partial charge in [0.05, 0.1) is 30.0 Å². The fourth-order valence-corrected chi connectivity index (χ4v) is 3.08. The SMILES string of the molecule is CCOc1ccc(C(=O)Oc2ccc(C=NNC(=O)COc3ccccc3Cl)cc2OCC)cc1. The molecule has 182 valence electrons. The molecule has 0 bridgehead atoms. The van der Waals surface area contributed by atoms with Crippen LogP contribution in [0.25, 0.3) is 0 Å². The summed E-state index contributed by atoms with van der Waals surface area (Å²) in [6.07, 6.45) is 1.44. The van der Waals surface area contributed by atoms with Crippen LogP contribution in [0.1, 0.15) is 29.8 Å². The maximum Gasteiger partial charge on any atom is 0.343 e. The molecule has 0 fully saturated rings. The Morgan fingerprint density at radius 3 is 2.34 bits per heavy atom. The molecule has 35 heavy (non-hydrogen) atoms. The van der Waals surface area contributed by atoms with E-state index in [1.165, 1.54) is 6.21 Å². The summed E-state index contributed by atoms with van der Waals surface area (Å²) in [5.74, 6) is 0.729. The van der Waals surface area contributed by atoms with E-state index in [9.17, 15) is 9.59 Å². The number of esters is 1. The van der Waals surface area contributed by atoms with Gasteiger partial charge in [-0.15, -0.1) is 0 Å². The van der Waals surface area contributed by atoms with E-state index in [0.717, 1.165) is 0 Å². The zero-order valence-corrected chi connectivity index (χ0v) is 20.1. The molecule has 0 heterocycles. The van der Waals surface area contributed by atoms with Gasteiger partial charge in [-0.1, -0.05) is 23.7 Å². The first-order valence-electron chi connectivity index (χ1n) is 10.9. The molecule has 1 N–H and O–H groups in total. The van der Waals surface area contributed by atoms with Gasteiger partial charge in [0.25, 0.3) is 5.91 Å². The van der Waals surface area contributed by atoms with Gasteiger partial charge in [-0.2, -0.15) is 5.10 Å². The highest BCUT2D eigenvalue weighted by molar-refractivity contribution is 6.32. The van der Waals surface area contributed by atoms with Gasteiger partial charge >= 0.3 is 5.97 Å². The average Bonchev–Trinajstić information content (AvgIpc) is 2.86. The Balaban J connectivity index is 1.59. The van der Waals surface area contributed by atoms with Crippen LogP contribution < -0.4 is 24.4 Å². The van der Waals surface area contributed by atoms with Crippen LogP contribution in [-0.2, 0) is 4.79 Å². The summed E-state index contributed by atoms with van der Waals surface area (Å²) >= 11 is 5.99. The largest absolute Gasteiger partial charge is 0.494 e. The van der Waals surface area contributed by atoms with Crippen molar-refractivity contribution in [2.45, 2.75) is 13.8 Å². The summed E-state index contributed by atoms with van der Waals surface area (Å²) < 4.78 is 21.9. The van der Waals surface area contributed by atoms with E-state index in [0.29, 0.717) is 46.6 Å². The first-order valence-corrected chi connectivity index (χ1v) is 11.3. The van der Waals surface area contributed by atoms with Crippen molar-refractivity contribution >= 4 is 29.7 Å². The van der Waals surface area contributed by atoms with Crippen molar-refractivity contribution in [1.82, 2.24) is 5.43 Å². The zero-order valence-electron chi connectivity index (χ0n) is 19.3. The lowest BCUT2D eigenvalue weighted by atomic mass is 10.2. The maximum atomic E-state index is 12.5. The molecular weight excluding hydrogens is 472 g/mol. The van der Waals surface area contributed by atoms with Gasteiger partial charge < -0.3 is 18.9 Å². The van der Waals surface area contributed by atoms with Crippen molar-refractivity contribution in [2.24, 2.45) is 5.10 Å². The number of halogens is 1. The highest BCUT2D eigenvalue weighted by Crippen LogP contribution is 2.29. The summed E-state index contributed by atoms with van der Waals surface area (Å²) in [5.41, 5.74) is 3.38. The number of hydrogen-bond donors (Lipinski definition) is 1. The van der Waals surface area contributed by atoms with E-state index in [-0.39, 0.29) is 12.4 Å². The number of nitrogens with one attached hydrogen (secondary N) is 1. The minimum absolute atomic E-state index is 0.244. The quantitative estimate of drug-likeness (QED) is 0.176. The average molecular weight is 497 g/mol. The summed E-state index contributed by atoms with van der Waals surface area (Å²) in [6.45, 7) is 4.36. The molecule has 3 rings (SSSR count). The van der Waals surface area contributed by atoms with Crippen LogP contribution in [0.15, 0.2) is 71.8 Å². The lowest BCUT2D eigenvalue weighted by molar-refractivity contribution is -0.123. The van der Waals surface area contributed by atoms with Gasteiger partial charge in [0.15, 0.2) is 18.1 Å². The van der Waals surface area contributed by atoms with E-state index >= 15 is 0 Å². The lowest BCUT2D eigenvalue weighted by Crippen LogP contribution is -2.24. The number of hydrazone groups is 1. The lowest BCUT2D eigenvalue weighted by Gasteiger charge is -2.11. The molecule has 0 spiro atoms. The predicted molar refractivity (Wildman–Crippen MR) is 133 cm³/mol. The highest BCUT2D eigenvalue weighted by Gasteiger charge is 2.13. The van der Waals surface area contributed by atoms with E-state index in [1.54, 1.807) is 66.7 Å². The van der Waals surface area contributed by atoms with Crippen LogP contribution in [-0.4, -0.2) is 37.9 Å². The standard InChI is InChI=1S/C26H25ClN2O6/c1-3-32-20-12-10-19(11-13-20)26(31)35-23-14-9-18(15-24(23)33-4-2)16-28-29-25(30)17-34-22-8-6-5-7-21(22)27/h5-16H,3-4,17H2,1-2H3,(H,29,30). The Kier molecular flexibility index (Phi) is 9.50.